The summed E-state index contributed by atoms with van der Waals surface area (Å²) >= 11 is 0. The van der Waals surface area contributed by atoms with Crippen molar-refractivity contribution < 1.29 is 18.0 Å². The summed E-state index contributed by atoms with van der Waals surface area (Å²) in [6, 6.07) is 5.27. The zero-order valence-corrected chi connectivity index (χ0v) is 12.2. The van der Waals surface area contributed by atoms with Crippen molar-refractivity contribution in [2.45, 2.75) is 24.8 Å². The fraction of sp³-hybridized carbons (Fsp3) is 0.533. The first-order chi connectivity index (χ1) is 9.82. The van der Waals surface area contributed by atoms with Gasteiger partial charge in [-0.05, 0) is 20.2 Å². The SMILES string of the molecule is CN(C)C(C(=O)N1CCC(F)(F)CC1)c1ccccc1F. The largest absolute Gasteiger partial charge is 0.341 e. The van der Waals surface area contributed by atoms with Gasteiger partial charge in [0, 0.05) is 31.5 Å². The molecule has 1 aromatic carbocycles. The van der Waals surface area contributed by atoms with Crippen molar-refractivity contribution in [1.29, 1.82) is 0 Å². The van der Waals surface area contributed by atoms with Crippen LogP contribution in [-0.2, 0) is 4.79 Å². The van der Waals surface area contributed by atoms with Crippen LogP contribution in [0, 0.1) is 5.82 Å². The van der Waals surface area contributed by atoms with Crippen molar-refractivity contribution in [2.24, 2.45) is 0 Å². The first-order valence-electron chi connectivity index (χ1n) is 6.89. The summed E-state index contributed by atoms with van der Waals surface area (Å²) < 4.78 is 40.3. The molecule has 1 aliphatic heterocycles. The van der Waals surface area contributed by atoms with Gasteiger partial charge in [-0.25, -0.2) is 13.2 Å². The number of halogens is 3. The van der Waals surface area contributed by atoms with Crippen LogP contribution in [0.5, 0.6) is 0 Å². The number of amides is 1. The molecule has 1 fully saturated rings. The number of alkyl halides is 2. The Morgan fingerprint density at radius 3 is 2.33 bits per heavy atom. The number of piperidine rings is 1. The van der Waals surface area contributed by atoms with E-state index in [0.717, 1.165) is 0 Å². The van der Waals surface area contributed by atoms with E-state index in [1.54, 1.807) is 37.2 Å². The fourth-order valence-electron chi connectivity index (χ4n) is 2.56. The number of benzene rings is 1. The minimum atomic E-state index is -2.71. The smallest absolute Gasteiger partial charge is 0.251 e. The van der Waals surface area contributed by atoms with E-state index >= 15 is 0 Å². The van der Waals surface area contributed by atoms with Gasteiger partial charge in [0.2, 0.25) is 5.91 Å². The van der Waals surface area contributed by atoms with Gasteiger partial charge in [-0.2, -0.15) is 0 Å². The van der Waals surface area contributed by atoms with Gasteiger partial charge in [0.25, 0.3) is 5.92 Å². The van der Waals surface area contributed by atoms with Crippen LogP contribution in [0.15, 0.2) is 24.3 Å². The molecular weight excluding hydrogens is 281 g/mol. The lowest BCUT2D eigenvalue weighted by Gasteiger charge is -2.35. The number of likely N-dealkylation sites (tertiary alicyclic amines) is 1. The van der Waals surface area contributed by atoms with Gasteiger partial charge < -0.3 is 4.90 Å². The summed E-state index contributed by atoms with van der Waals surface area (Å²) in [6.07, 6.45) is -0.674. The van der Waals surface area contributed by atoms with Crippen molar-refractivity contribution in [2.75, 3.05) is 27.2 Å². The number of likely N-dealkylation sites (N-methyl/N-ethyl adjacent to an activating group) is 1. The third-order valence-electron chi connectivity index (χ3n) is 3.76. The Kier molecular flexibility index (Phi) is 4.56. The highest BCUT2D eigenvalue weighted by Crippen LogP contribution is 2.30. The molecule has 0 spiro atoms. The lowest BCUT2D eigenvalue weighted by Crippen LogP contribution is -2.47. The highest BCUT2D eigenvalue weighted by molar-refractivity contribution is 5.83. The molecule has 0 bridgehead atoms. The molecule has 3 nitrogen and oxygen atoms in total. The molecule has 0 N–H and O–H groups in total. The number of carbonyl (C=O) groups is 1. The van der Waals surface area contributed by atoms with Gasteiger partial charge in [0.05, 0.1) is 0 Å². The maximum Gasteiger partial charge on any atom is 0.251 e. The molecule has 0 radical (unpaired) electrons. The van der Waals surface area contributed by atoms with Crippen LogP contribution in [0.2, 0.25) is 0 Å². The molecule has 21 heavy (non-hydrogen) atoms. The van der Waals surface area contributed by atoms with Crippen LogP contribution in [0.4, 0.5) is 13.2 Å². The van der Waals surface area contributed by atoms with Gasteiger partial charge in [0.1, 0.15) is 11.9 Å². The zero-order chi connectivity index (χ0) is 15.6. The molecule has 6 heteroatoms. The molecule has 0 aromatic heterocycles. The van der Waals surface area contributed by atoms with Crippen LogP contribution >= 0.6 is 0 Å². The fourth-order valence-corrected chi connectivity index (χ4v) is 2.56. The summed E-state index contributed by atoms with van der Waals surface area (Å²) in [5.41, 5.74) is 0.268. The number of nitrogens with zero attached hydrogens (tertiary/aromatic N) is 2. The summed E-state index contributed by atoms with van der Waals surface area (Å²) in [5, 5.41) is 0. The van der Waals surface area contributed by atoms with Crippen LogP contribution in [0.1, 0.15) is 24.4 Å². The summed E-state index contributed by atoms with van der Waals surface area (Å²) in [7, 11) is 3.35. The van der Waals surface area contributed by atoms with Crippen molar-refractivity contribution >= 4 is 5.91 Å². The maximum atomic E-state index is 13.9. The van der Waals surface area contributed by atoms with Crippen LogP contribution < -0.4 is 0 Å². The molecule has 0 saturated carbocycles. The highest BCUT2D eigenvalue weighted by Gasteiger charge is 2.38. The number of rotatable bonds is 3. The molecule has 1 saturated heterocycles. The Bertz CT molecular complexity index is 509. The van der Waals surface area contributed by atoms with Gasteiger partial charge in [-0.1, -0.05) is 18.2 Å². The van der Waals surface area contributed by atoms with E-state index in [4.69, 9.17) is 0 Å². The van der Waals surface area contributed by atoms with Gasteiger partial charge in [-0.3, -0.25) is 9.69 Å². The Hall–Kier alpha value is -1.56. The monoisotopic (exact) mass is 300 g/mol. The van der Waals surface area contributed by atoms with Gasteiger partial charge in [0.15, 0.2) is 0 Å². The first kappa shape index (κ1) is 15.8. The van der Waals surface area contributed by atoms with Crippen molar-refractivity contribution in [3.63, 3.8) is 0 Å². The molecule has 116 valence electrons. The standard InChI is InChI=1S/C15H19F3N2O/c1-19(2)13(11-5-3-4-6-12(11)16)14(21)20-9-7-15(17,18)8-10-20/h3-6,13H,7-10H2,1-2H3. The second-order valence-electron chi connectivity index (χ2n) is 5.57. The van der Waals surface area contributed by atoms with E-state index in [0.29, 0.717) is 0 Å². The van der Waals surface area contributed by atoms with Crippen molar-refractivity contribution in [3.05, 3.63) is 35.6 Å². The Morgan fingerprint density at radius 2 is 1.81 bits per heavy atom. The van der Waals surface area contributed by atoms with Crippen molar-refractivity contribution in [1.82, 2.24) is 9.80 Å². The number of carbonyl (C=O) groups excluding carboxylic acids is 1. The quantitative estimate of drug-likeness (QED) is 0.857. The summed E-state index contributed by atoms with van der Waals surface area (Å²) in [5.74, 6) is -3.50. The Morgan fingerprint density at radius 1 is 1.24 bits per heavy atom. The minimum absolute atomic E-state index is 0.00459. The van der Waals surface area contributed by atoms with E-state index in [2.05, 4.69) is 0 Å². The molecule has 1 unspecified atom stereocenters. The third-order valence-corrected chi connectivity index (χ3v) is 3.76. The molecule has 1 aliphatic rings. The lowest BCUT2D eigenvalue weighted by molar-refractivity contribution is -0.142. The predicted octanol–water partition coefficient (Wildman–Crippen LogP) is 2.69. The summed E-state index contributed by atoms with van der Waals surface area (Å²) in [6.45, 7) is 0.00918. The van der Waals surface area contributed by atoms with E-state index in [1.165, 1.54) is 11.0 Å². The normalized spacial score (nSPS) is 19.6. The van der Waals surface area contributed by atoms with Gasteiger partial charge >= 0.3 is 0 Å². The van der Waals surface area contributed by atoms with Gasteiger partial charge in [-0.15, -0.1) is 0 Å². The van der Waals surface area contributed by atoms with Crippen LogP contribution in [0.25, 0.3) is 0 Å². The average molecular weight is 300 g/mol. The summed E-state index contributed by atoms with van der Waals surface area (Å²) in [4.78, 5) is 15.6. The number of hydrogen-bond donors (Lipinski definition) is 0. The van der Waals surface area contributed by atoms with E-state index < -0.39 is 17.8 Å². The predicted molar refractivity (Wildman–Crippen MR) is 73.6 cm³/mol. The first-order valence-corrected chi connectivity index (χ1v) is 6.89. The molecular formula is C15H19F3N2O. The van der Waals surface area contributed by atoms with E-state index in [9.17, 15) is 18.0 Å². The highest BCUT2D eigenvalue weighted by atomic mass is 19.3. The topological polar surface area (TPSA) is 23.6 Å². The second kappa shape index (κ2) is 6.05. The molecule has 1 aromatic rings. The molecule has 0 aliphatic carbocycles. The maximum absolute atomic E-state index is 13.9. The van der Waals surface area contributed by atoms with Crippen LogP contribution in [0.3, 0.4) is 0 Å². The van der Waals surface area contributed by atoms with E-state index in [1.807, 2.05) is 0 Å². The minimum Gasteiger partial charge on any atom is -0.341 e. The molecule has 2 rings (SSSR count). The molecule has 1 atom stereocenters. The third kappa shape index (κ3) is 3.56. The van der Waals surface area contributed by atoms with E-state index in [-0.39, 0.29) is 37.4 Å². The average Bonchev–Trinajstić information content (AvgIpc) is 2.40. The van der Waals surface area contributed by atoms with Crippen molar-refractivity contribution in [3.8, 4) is 0 Å². The van der Waals surface area contributed by atoms with Crippen LogP contribution in [-0.4, -0.2) is 48.8 Å². The Labute approximate surface area is 122 Å². The zero-order valence-electron chi connectivity index (χ0n) is 12.2. The second-order valence-corrected chi connectivity index (χ2v) is 5.57. The molecule has 1 amide bonds. The molecule has 1 heterocycles. The number of hydrogen-bond acceptors (Lipinski definition) is 2. The lowest BCUT2D eigenvalue weighted by atomic mass is 10.0. The Balaban J connectivity index is 2.20.